The van der Waals surface area contributed by atoms with Crippen LogP contribution in [0.3, 0.4) is 0 Å². The number of carboxylic acids is 1. The standard InChI is InChI=1S/C11H13BrN2O4/c12-7-3-9(11(16)17)10(13-4-7)14-1-2-18-6-8(14)5-15/h3-4,8,15H,1-2,5-6H2,(H,16,17). The number of rotatable bonds is 3. The van der Waals surface area contributed by atoms with Crippen LogP contribution in [-0.2, 0) is 4.74 Å². The zero-order valence-electron chi connectivity index (χ0n) is 9.54. The van der Waals surface area contributed by atoms with Crippen LogP contribution in [0.2, 0.25) is 0 Å². The largest absolute Gasteiger partial charge is 0.478 e. The average molecular weight is 317 g/mol. The summed E-state index contributed by atoms with van der Waals surface area (Å²) < 4.78 is 5.87. The second kappa shape index (κ2) is 5.64. The van der Waals surface area contributed by atoms with Crippen molar-refractivity contribution in [2.45, 2.75) is 6.04 Å². The number of halogens is 1. The smallest absolute Gasteiger partial charge is 0.339 e. The van der Waals surface area contributed by atoms with E-state index in [1.165, 1.54) is 6.07 Å². The number of carbonyl (C=O) groups is 1. The van der Waals surface area contributed by atoms with Crippen molar-refractivity contribution in [2.75, 3.05) is 31.3 Å². The molecular weight excluding hydrogens is 304 g/mol. The molecule has 1 fully saturated rings. The molecule has 2 N–H and O–H groups in total. The summed E-state index contributed by atoms with van der Waals surface area (Å²) in [4.78, 5) is 17.2. The van der Waals surface area contributed by atoms with Gasteiger partial charge in [-0.25, -0.2) is 9.78 Å². The molecule has 0 bridgehead atoms. The van der Waals surface area contributed by atoms with Crippen LogP contribution in [0.4, 0.5) is 5.82 Å². The van der Waals surface area contributed by atoms with Gasteiger partial charge in [0.05, 0.1) is 25.9 Å². The van der Waals surface area contributed by atoms with Crippen LogP contribution in [0.1, 0.15) is 10.4 Å². The summed E-state index contributed by atoms with van der Waals surface area (Å²) in [7, 11) is 0. The van der Waals surface area contributed by atoms with Crippen LogP contribution in [0.15, 0.2) is 16.7 Å². The summed E-state index contributed by atoms with van der Waals surface area (Å²) >= 11 is 3.20. The molecule has 0 saturated carbocycles. The minimum Gasteiger partial charge on any atom is -0.478 e. The molecule has 1 aliphatic rings. The Morgan fingerprint density at radius 2 is 2.44 bits per heavy atom. The van der Waals surface area contributed by atoms with E-state index >= 15 is 0 Å². The van der Waals surface area contributed by atoms with Gasteiger partial charge in [-0.05, 0) is 22.0 Å². The molecule has 2 heterocycles. The molecule has 1 aliphatic heterocycles. The third-order valence-corrected chi connectivity index (χ3v) is 3.21. The van der Waals surface area contributed by atoms with Crippen LogP contribution >= 0.6 is 15.9 Å². The number of carboxylic acid groups (broad SMARTS) is 1. The number of ether oxygens (including phenoxy) is 1. The number of hydrogen-bond donors (Lipinski definition) is 2. The van der Waals surface area contributed by atoms with E-state index in [0.29, 0.717) is 30.0 Å². The molecule has 1 aromatic rings. The van der Waals surface area contributed by atoms with Crippen LogP contribution in [0, 0.1) is 0 Å². The van der Waals surface area contributed by atoms with Crippen LogP contribution in [0.5, 0.6) is 0 Å². The Labute approximate surface area is 112 Å². The average Bonchev–Trinajstić information content (AvgIpc) is 2.38. The first-order chi connectivity index (χ1) is 8.63. The Balaban J connectivity index is 2.39. The summed E-state index contributed by atoms with van der Waals surface area (Å²) in [5.41, 5.74) is 0.115. The van der Waals surface area contributed by atoms with Gasteiger partial charge in [-0.3, -0.25) is 0 Å². The predicted molar refractivity (Wildman–Crippen MR) is 67.9 cm³/mol. The van der Waals surface area contributed by atoms with Gasteiger partial charge < -0.3 is 19.8 Å². The highest BCUT2D eigenvalue weighted by atomic mass is 79.9. The van der Waals surface area contributed by atoms with Gasteiger partial charge in [0, 0.05) is 17.2 Å². The van der Waals surface area contributed by atoms with E-state index in [4.69, 9.17) is 4.74 Å². The maximum absolute atomic E-state index is 11.2. The van der Waals surface area contributed by atoms with Crippen molar-refractivity contribution in [3.8, 4) is 0 Å². The van der Waals surface area contributed by atoms with Gasteiger partial charge in [0.1, 0.15) is 11.4 Å². The monoisotopic (exact) mass is 316 g/mol. The maximum atomic E-state index is 11.2. The molecule has 1 unspecified atom stereocenters. The zero-order valence-corrected chi connectivity index (χ0v) is 11.1. The number of anilines is 1. The van der Waals surface area contributed by atoms with Gasteiger partial charge in [0.15, 0.2) is 0 Å². The Morgan fingerprint density at radius 3 is 3.11 bits per heavy atom. The number of aliphatic hydroxyl groups is 1. The minimum absolute atomic E-state index is 0.100. The molecule has 7 heteroatoms. The van der Waals surface area contributed by atoms with Crippen LogP contribution in [-0.4, -0.2) is 53.6 Å². The SMILES string of the molecule is O=C(O)c1cc(Br)cnc1N1CCOCC1CO. The molecule has 1 aromatic heterocycles. The number of aromatic nitrogens is 1. The number of morpholine rings is 1. The van der Waals surface area contributed by atoms with E-state index in [-0.39, 0.29) is 18.2 Å². The Morgan fingerprint density at radius 1 is 1.67 bits per heavy atom. The summed E-state index contributed by atoms with van der Waals surface area (Å²) in [6, 6.07) is 1.25. The normalized spacial score (nSPS) is 19.9. The quantitative estimate of drug-likeness (QED) is 0.856. The van der Waals surface area contributed by atoms with Crippen molar-refractivity contribution in [2.24, 2.45) is 0 Å². The predicted octanol–water partition coefficient (Wildman–Crippen LogP) is 0.740. The first-order valence-electron chi connectivity index (χ1n) is 5.47. The highest BCUT2D eigenvalue weighted by Gasteiger charge is 2.27. The molecule has 2 rings (SSSR count). The molecule has 18 heavy (non-hydrogen) atoms. The van der Waals surface area contributed by atoms with E-state index < -0.39 is 5.97 Å². The molecule has 0 spiro atoms. The van der Waals surface area contributed by atoms with Crippen molar-refractivity contribution in [1.82, 2.24) is 4.98 Å². The number of pyridine rings is 1. The lowest BCUT2D eigenvalue weighted by Gasteiger charge is -2.36. The molecule has 0 amide bonds. The van der Waals surface area contributed by atoms with E-state index in [1.54, 1.807) is 11.1 Å². The minimum atomic E-state index is -1.04. The Hall–Kier alpha value is -1.18. The first kappa shape index (κ1) is 13.3. The maximum Gasteiger partial charge on any atom is 0.339 e. The molecule has 0 radical (unpaired) electrons. The molecule has 98 valence electrons. The molecule has 1 saturated heterocycles. The summed E-state index contributed by atoms with van der Waals surface area (Å²) in [6.45, 7) is 1.28. The van der Waals surface area contributed by atoms with E-state index in [9.17, 15) is 15.0 Å². The second-order valence-electron chi connectivity index (χ2n) is 3.93. The number of aromatic carboxylic acids is 1. The van der Waals surface area contributed by atoms with E-state index in [0.717, 1.165) is 0 Å². The number of aliphatic hydroxyl groups excluding tert-OH is 1. The van der Waals surface area contributed by atoms with Crippen LogP contribution in [0.25, 0.3) is 0 Å². The van der Waals surface area contributed by atoms with Gasteiger partial charge in [0.2, 0.25) is 0 Å². The van der Waals surface area contributed by atoms with Crippen molar-refractivity contribution in [3.63, 3.8) is 0 Å². The van der Waals surface area contributed by atoms with Crippen molar-refractivity contribution in [3.05, 3.63) is 22.3 Å². The molecule has 0 aliphatic carbocycles. The second-order valence-corrected chi connectivity index (χ2v) is 4.85. The van der Waals surface area contributed by atoms with E-state index in [1.807, 2.05) is 0 Å². The third kappa shape index (κ3) is 2.63. The highest BCUT2D eigenvalue weighted by molar-refractivity contribution is 9.10. The summed E-state index contributed by atoms with van der Waals surface area (Å²) in [5, 5.41) is 18.5. The van der Waals surface area contributed by atoms with Gasteiger partial charge in [-0.15, -0.1) is 0 Å². The molecule has 0 aromatic carbocycles. The van der Waals surface area contributed by atoms with Crippen molar-refractivity contribution < 1.29 is 19.7 Å². The third-order valence-electron chi connectivity index (χ3n) is 2.77. The number of nitrogens with zero attached hydrogens (tertiary/aromatic N) is 2. The molecular formula is C11H13BrN2O4. The Bertz CT molecular complexity index is 455. The fourth-order valence-electron chi connectivity index (χ4n) is 1.90. The topological polar surface area (TPSA) is 82.9 Å². The molecule has 6 nitrogen and oxygen atoms in total. The number of hydrogen-bond acceptors (Lipinski definition) is 5. The highest BCUT2D eigenvalue weighted by Crippen LogP contribution is 2.24. The van der Waals surface area contributed by atoms with Gasteiger partial charge >= 0.3 is 5.97 Å². The lowest BCUT2D eigenvalue weighted by Crippen LogP contribution is -2.48. The van der Waals surface area contributed by atoms with Gasteiger partial charge in [-0.1, -0.05) is 0 Å². The van der Waals surface area contributed by atoms with Crippen molar-refractivity contribution >= 4 is 27.7 Å². The zero-order chi connectivity index (χ0) is 13.1. The Kier molecular flexibility index (Phi) is 4.15. The van der Waals surface area contributed by atoms with Gasteiger partial charge in [-0.2, -0.15) is 0 Å². The van der Waals surface area contributed by atoms with E-state index in [2.05, 4.69) is 20.9 Å². The lowest BCUT2D eigenvalue weighted by atomic mass is 10.2. The van der Waals surface area contributed by atoms with Gasteiger partial charge in [0.25, 0.3) is 0 Å². The lowest BCUT2D eigenvalue weighted by molar-refractivity contribution is 0.0674. The fourth-order valence-corrected chi connectivity index (χ4v) is 2.23. The van der Waals surface area contributed by atoms with Crippen LogP contribution < -0.4 is 4.90 Å². The summed E-state index contributed by atoms with van der Waals surface area (Å²) in [5.74, 6) is -0.671. The first-order valence-corrected chi connectivity index (χ1v) is 6.27. The summed E-state index contributed by atoms with van der Waals surface area (Å²) in [6.07, 6.45) is 1.55. The van der Waals surface area contributed by atoms with Crippen molar-refractivity contribution in [1.29, 1.82) is 0 Å². The fraction of sp³-hybridized carbons (Fsp3) is 0.455. The molecule has 1 atom stereocenters.